The summed E-state index contributed by atoms with van der Waals surface area (Å²) in [6, 6.07) is 2.56. The molecular weight excluding hydrogens is 226 g/mol. The Bertz CT molecular complexity index is 381. The van der Waals surface area contributed by atoms with Gasteiger partial charge >= 0.3 is 0 Å². The third-order valence-corrected chi connectivity index (χ3v) is 3.41. The van der Waals surface area contributed by atoms with Gasteiger partial charge in [0.1, 0.15) is 0 Å². The van der Waals surface area contributed by atoms with Gasteiger partial charge in [-0.2, -0.15) is 5.10 Å². The minimum absolute atomic E-state index is 0.179. The number of nitrogens with one attached hydrogen (secondary N) is 1. The fourth-order valence-electron chi connectivity index (χ4n) is 2.76. The van der Waals surface area contributed by atoms with Gasteiger partial charge in [-0.25, -0.2) is 0 Å². The molecule has 0 spiro atoms. The van der Waals surface area contributed by atoms with E-state index in [1.807, 2.05) is 0 Å². The van der Waals surface area contributed by atoms with Crippen LogP contribution in [0.2, 0.25) is 0 Å². The molecule has 0 aromatic carbocycles. The molecule has 1 aliphatic heterocycles. The normalized spacial score (nSPS) is 21.7. The van der Waals surface area contributed by atoms with Crippen molar-refractivity contribution in [2.75, 3.05) is 19.7 Å². The van der Waals surface area contributed by atoms with Gasteiger partial charge < -0.3 is 5.11 Å². The van der Waals surface area contributed by atoms with E-state index < -0.39 is 0 Å². The zero-order chi connectivity index (χ0) is 13.2. The van der Waals surface area contributed by atoms with Gasteiger partial charge in [-0.15, -0.1) is 0 Å². The van der Waals surface area contributed by atoms with Gasteiger partial charge in [0.25, 0.3) is 0 Å². The molecule has 1 aliphatic rings. The number of aliphatic hydroxyl groups excluding tert-OH is 1. The summed E-state index contributed by atoms with van der Waals surface area (Å²) in [5.41, 5.74) is 2.50. The highest BCUT2D eigenvalue weighted by Gasteiger charge is 2.30. The average molecular weight is 251 g/mol. The first kappa shape index (κ1) is 13.6. The molecule has 1 atom stereocenters. The van der Waals surface area contributed by atoms with E-state index >= 15 is 0 Å². The van der Waals surface area contributed by atoms with Crippen LogP contribution in [-0.2, 0) is 6.42 Å². The van der Waals surface area contributed by atoms with Crippen LogP contribution in [0.4, 0.5) is 0 Å². The molecular formula is C14H25N3O. The number of hydrogen-bond donors (Lipinski definition) is 2. The van der Waals surface area contributed by atoms with Crippen LogP contribution in [0.25, 0.3) is 0 Å². The van der Waals surface area contributed by atoms with Crippen molar-refractivity contribution >= 4 is 0 Å². The Balaban J connectivity index is 2.05. The van der Waals surface area contributed by atoms with Crippen LogP contribution < -0.4 is 0 Å². The summed E-state index contributed by atoms with van der Waals surface area (Å²) in [6.45, 7) is 9.31. The zero-order valence-corrected chi connectivity index (χ0v) is 11.7. The maximum Gasteiger partial charge on any atom is 0.0796 e. The molecule has 2 heterocycles. The van der Waals surface area contributed by atoms with Crippen LogP contribution in [0, 0.1) is 5.41 Å². The predicted molar refractivity (Wildman–Crippen MR) is 72.4 cm³/mol. The lowest BCUT2D eigenvalue weighted by atomic mass is 9.95. The Morgan fingerprint density at radius 2 is 2.28 bits per heavy atom. The number of hydrogen-bond acceptors (Lipinski definition) is 3. The molecule has 2 N–H and O–H groups in total. The van der Waals surface area contributed by atoms with Crippen LogP contribution in [0.5, 0.6) is 0 Å². The second kappa shape index (κ2) is 5.41. The molecule has 18 heavy (non-hydrogen) atoms. The fraction of sp³-hybridized carbons (Fsp3) is 0.786. The molecule has 1 aromatic rings. The third kappa shape index (κ3) is 3.33. The molecule has 4 heteroatoms. The summed E-state index contributed by atoms with van der Waals surface area (Å²) in [6.07, 6.45) is 3.11. The van der Waals surface area contributed by atoms with E-state index in [0.29, 0.717) is 17.9 Å². The summed E-state index contributed by atoms with van der Waals surface area (Å²) in [5, 5.41) is 16.4. The van der Waals surface area contributed by atoms with Crippen molar-refractivity contribution in [2.45, 2.75) is 46.1 Å². The van der Waals surface area contributed by atoms with E-state index in [1.54, 1.807) is 0 Å². The first-order valence-corrected chi connectivity index (χ1v) is 6.89. The standard InChI is InChI=1S/C14H25N3O/c1-14(2,3)10-17-7-4-5-13(17)12-9-11(6-8-18)15-16-12/h9,13,18H,4-8,10H2,1-3H3,(H,15,16)/t13-/m1/s1. The second-order valence-corrected chi connectivity index (χ2v) is 6.48. The van der Waals surface area contributed by atoms with Gasteiger partial charge in [-0.3, -0.25) is 10.00 Å². The molecule has 4 nitrogen and oxygen atoms in total. The monoisotopic (exact) mass is 251 g/mol. The van der Waals surface area contributed by atoms with E-state index in [9.17, 15) is 0 Å². The smallest absolute Gasteiger partial charge is 0.0796 e. The van der Waals surface area contributed by atoms with Crippen molar-refractivity contribution in [3.8, 4) is 0 Å². The van der Waals surface area contributed by atoms with Crippen molar-refractivity contribution in [3.63, 3.8) is 0 Å². The van der Waals surface area contributed by atoms with Crippen LogP contribution in [-0.4, -0.2) is 39.9 Å². The van der Waals surface area contributed by atoms with Crippen molar-refractivity contribution in [1.82, 2.24) is 15.1 Å². The molecule has 1 fully saturated rings. The van der Waals surface area contributed by atoms with Crippen molar-refractivity contribution in [3.05, 3.63) is 17.5 Å². The quantitative estimate of drug-likeness (QED) is 0.862. The van der Waals surface area contributed by atoms with Gasteiger partial charge in [0.15, 0.2) is 0 Å². The summed E-state index contributed by atoms with van der Waals surface area (Å²) in [5.74, 6) is 0. The lowest BCUT2D eigenvalue weighted by molar-refractivity contribution is 0.176. The van der Waals surface area contributed by atoms with Crippen LogP contribution in [0.3, 0.4) is 0 Å². The Morgan fingerprint density at radius 1 is 1.50 bits per heavy atom. The summed E-state index contributed by atoms with van der Waals surface area (Å²) in [4.78, 5) is 2.54. The van der Waals surface area contributed by atoms with Gasteiger partial charge in [0.05, 0.1) is 11.7 Å². The van der Waals surface area contributed by atoms with Crippen molar-refractivity contribution < 1.29 is 5.11 Å². The maximum absolute atomic E-state index is 8.94. The minimum Gasteiger partial charge on any atom is -0.396 e. The lowest BCUT2D eigenvalue weighted by Gasteiger charge is -2.30. The van der Waals surface area contributed by atoms with Gasteiger partial charge in [0, 0.05) is 25.3 Å². The molecule has 102 valence electrons. The summed E-state index contributed by atoms with van der Waals surface area (Å²) < 4.78 is 0. The highest BCUT2D eigenvalue weighted by molar-refractivity contribution is 5.14. The Hall–Kier alpha value is -0.870. The van der Waals surface area contributed by atoms with Crippen molar-refractivity contribution in [2.24, 2.45) is 5.41 Å². The molecule has 0 amide bonds. The molecule has 0 radical (unpaired) electrons. The number of rotatable bonds is 4. The molecule has 0 bridgehead atoms. The van der Waals surface area contributed by atoms with Crippen molar-refractivity contribution in [1.29, 1.82) is 0 Å². The Kier molecular flexibility index (Phi) is 4.07. The maximum atomic E-state index is 8.94. The SMILES string of the molecule is CC(C)(C)CN1CCC[C@@H]1c1cc(CCO)[nH]n1. The highest BCUT2D eigenvalue weighted by Crippen LogP contribution is 2.33. The van der Waals surface area contributed by atoms with Crippen LogP contribution >= 0.6 is 0 Å². The van der Waals surface area contributed by atoms with Gasteiger partial charge in [-0.1, -0.05) is 20.8 Å². The van der Waals surface area contributed by atoms with E-state index in [4.69, 9.17) is 5.11 Å². The lowest BCUT2D eigenvalue weighted by Crippen LogP contribution is -2.32. The number of aromatic amines is 1. The molecule has 0 aliphatic carbocycles. The molecule has 1 aromatic heterocycles. The molecule has 1 saturated heterocycles. The highest BCUT2D eigenvalue weighted by atomic mass is 16.3. The average Bonchev–Trinajstić information content (AvgIpc) is 2.85. The number of nitrogens with zero attached hydrogens (tertiary/aromatic N) is 2. The topological polar surface area (TPSA) is 52.1 Å². The minimum atomic E-state index is 0.179. The second-order valence-electron chi connectivity index (χ2n) is 6.48. The van der Waals surface area contributed by atoms with E-state index in [1.165, 1.54) is 19.4 Å². The first-order chi connectivity index (χ1) is 8.49. The summed E-state index contributed by atoms with van der Waals surface area (Å²) >= 11 is 0. The summed E-state index contributed by atoms with van der Waals surface area (Å²) in [7, 11) is 0. The van der Waals surface area contributed by atoms with E-state index in [0.717, 1.165) is 17.9 Å². The van der Waals surface area contributed by atoms with Gasteiger partial charge in [-0.05, 0) is 30.9 Å². The number of aliphatic hydroxyl groups is 1. The number of aromatic nitrogens is 2. The Labute approximate surface area is 109 Å². The fourth-order valence-corrected chi connectivity index (χ4v) is 2.76. The van der Waals surface area contributed by atoms with Crippen LogP contribution in [0.1, 0.15) is 51.0 Å². The largest absolute Gasteiger partial charge is 0.396 e. The zero-order valence-electron chi connectivity index (χ0n) is 11.7. The van der Waals surface area contributed by atoms with E-state index in [-0.39, 0.29) is 6.61 Å². The first-order valence-electron chi connectivity index (χ1n) is 6.89. The van der Waals surface area contributed by atoms with Crippen LogP contribution in [0.15, 0.2) is 6.07 Å². The predicted octanol–water partition coefficient (Wildman–Crippen LogP) is 2.13. The number of likely N-dealkylation sites (tertiary alicyclic amines) is 1. The third-order valence-electron chi connectivity index (χ3n) is 3.41. The Morgan fingerprint density at radius 3 is 2.94 bits per heavy atom. The van der Waals surface area contributed by atoms with Gasteiger partial charge in [0.2, 0.25) is 0 Å². The molecule has 2 rings (SSSR count). The molecule has 0 unspecified atom stereocenters. The van der Waals surface area contributed by atoms with E-state index in [2.05, 4.69) is 41.9 Å². The molecule has 0 saturated carbocycles. The number of H-pyrrole nitrogens is 1.